The number of nitrogens with zero attached hydrogens (tertiary/aromatic N) is 1. The number of halogens is 1. The van der Waals surface area contributed by atoms with Crippen LogP contribution in [0.5, 0.6) is 11.5 Å². The topological polar surface area (TPSA) is 38.8 Å². The monoisotopic (exact) mass is 351 g/mol. The van der Waals surface area contributed by atoms with Gasteiger partial charge in [0.1, 0.15) is 0 Å². The second-order valence-corrected chi connectivity index (χ2v) is 6.83. The Balaban J connectivity index is 1.94. The molecular formula is C17H18ClNO3S. The van der Waals surface area contributed by atoms with Crippen molar-refractivity contribution >= 4 is 28.8 Å². The second-order valence-electron chi connectivity index (χ2n) is 5.42. The Hall–Kier alpha value is -1.72. The summed E-state index contributed by atoms with van der Waals surface area (Å²) in [6.07, 6.45) is 0.893. The Kier molecular flexibility index (Phi) is 4.50. The van der Waals surface area contributed by atoms with E-state index in [0.29, 0.717) is 28.6 Å². The minimum Gasteiger partial charge on any atom is -0.493 e. The molecule has 1 atom stereocenters. The van der Waals surface area contributed by atoms with E-state index in [1.165, 1.54) is 24.7 Å². The zero-order chi connectivity index (χ0) is 16.6. The van der Waals surface area contributed by atoms with E-state index in [-0.39, 0.29) is 11.9 Å². The van der Waals surface area contributed by atoms with Gasteiger partial charge in [-0.15, -0.1) is 11.3 Å². The van der Waals surface area contributed by atoms with Gasteiger partial charge in [-0.2, -0.15) is 0 Å². The van der Waals surface area contributed by atoms with Gasteiger partial charge < -0.3 is 14.4 Å². The van der Waals surface area contributed by atoms with Gasteiger partial charge in [0.15, 0.2) is 11.5 Å². The Morgan fingerprint density at radius 3 is 2.83 bits per heavy atom. The molecule has 0 unspecified atom stereocenters. The fourth-order valence-electron chi connectivity index (χ4n) is 2.99. The molecule has 0 aliphatic carbocycles. The zero-order valence-corrected chi connectivity index (χ0v) is 14.8. The molecule has 122 valence electrons. The minimum absolute atomic E-state index is 0.0443. The average molecular weight is 352 g/mol. The molecule has 4 nitrogen and oxygen atoms in total. The standard InChI is InChI=1S/C17H18ClNO3S/c1-10-12-5-7-23-15(12)4-6-19(10)17(20)11-8-13(18)16(22-3)14(9-11)21-2/h5,7-10H,4,6H2,1-3H3/t10-/m1/s1. The van der Waals surface area contributed by atoms with Crippen LogP contribution in [0.4, 0.5) is 0 Å². The van der Waals surface area contributed by atoms with Crippen LogP contribution in [0, 0.1) is 0 Å². The van der Waals surface area contributed by atoms with Crippen LogP contribution in [0.25, 0.3) is 0 Å². The van der Waals surface area contributed by atoms with Crippen LogP contribution in [-0.4, -0.2) is 31.6 Å². The smallest absolute Gasteiger partial charge is 0.254 e. The maximum atomic E-state index is 12.9. The van der Waals surface area contributed by atoms with Crippen molar-refractivity contribution in [3.05, 3.63) is 44.6 Å². The summed E-state index contributed by atoms with van der Waals surface area (Å²) in [5.74, 6) is 0.860. The Morgan fingerprint density at radius 1 is 1.35 bits per heavy atom. The van der Waals surface area contributed by atoms with Gasteiger partial charge in [0.25, 0.3) is 5.91 Å². The third-order valence-electron chi connectivity index (χ3n) is 4.22. The number of amides is 1. The van der Waals surface area contributed by atoms with Gasteiger partial charge in [-0.3, -0.25) is 4.79 Å². The Bertz CT molecular complexity index is 743. The van der Waals surface area contributed by atoms with Crippen molar-refractivity contribution in [2.45, 2.75) is 19.4 Å². The van der Waals surface area contributed by atoms with E-state index in [1.54, 1.807) is 23.5 Å². The molecule has 3 rings (SSSR count). The number of benzene rings is 1. The second kappa shape index (κ2) is 6.42. The largest absolute Gasteiger partial charge is 0.493 e. The van der Waals surface area contributed by atoms with Crippen LogP contribution in [-0.2, 0) is 6.42 Å². The Morgan fingerprint density at radius 2 is 2.13 bits per heavy atom. The quantitative estimate of drug-likeness (QED) is 0.832. The minimum atomic E-state index is -0.0443. The highest BCUT2D eigenvalue weighted by atomic mass is 35.5. The van der Waals surface area contributed by atoms with Crippen molar-refractivity contribution in [1.29, 1.82) is 0 Å². The van der Waals surface area contributed by atoms with E-state index in [9.17, 15) is 4.79 Å². The maximum Gasteiger partial charge on any atom is 0.254 e. The fraction of sp³-hybridized carbons (Fsp3) is 0.353. The SMILES string of the molecule is COc1cc(C(=O)N2CCc3sccc3[C@H]2C)cc(Cl)c1OC. The number of rotatable bonds is 3. The van der Waals surface area contributed by atoms with E-state index in [4.69, 9.17) is 21.1 Å². The maximum absolute atomic E-state index is 12.9. The van der Waals surface area contributed by atoms with Gasteiger partial charge in [-0.1, -0.05) is 11.6 Å². The lowest BCUT2D eigenvalue weighted by Crippen LogP contribution is -2.38. The molecule has 0 bridgehead atoms. The molecule has 6 heteroatoms. The van der Waals surface area contributed by atoms with Crippen LogP contribution in [0.2, 0.25) is 5.02 Å². The molecule has 1 aromatic carbocycles. The predicted octanol–water partition coefficient (Wildman–Crippen LogP) is 4.18. The average Bonchev–Trinajstić information content (AvgIpc) is 3.03. The number of hydrogen-bond donors (Lipinski definition) is 0. The first-order valence-electron chi connectivity index (χ1n) is 7.35. The number of carbonyl (C=O) groups is 1. The summed E-state index contributed by atoms with van der Waals surface area (Å²) in [7, 11) is 3.06. The number of hydrogen-bond acceptors (Lipinski definition) is 4. The molecule has 1 amide bonds. The fourth-order valence-corrected chi connectivity index (χ4v) is 4.24. The van der Waals surface area contributed by atoms with Crippen molar-refractivity contribution in [3.63, 3.8) is 0 Å². The van der Waals surface area contributed by atoms with Gasteiger partial charge >= 0.3 is 0 Å². The van der Waals surface area contributed by atoms with E-state index in [0.717, 1.165) is 6.42 Å². The van der Waals surface area contributed by atoms with Crippen molar-refractivity contribution in [2.75, 3.05) is 20.8 Å². The normalized spacial score (nSPS) is 16.9. The third-order valence-corrected chi connectivity index (χ3v) is 5.50. The molecule has 1 aromatic heterocycles. The van der Waals surface area contributed by atoms with Crippen LogP contribution in [0.15, 0.2) is 23.6 Å². The molecule has 2 heterocycles. The van der Waals surface area contributed by atoms with Crippen LogP contribution < -0.4 is 9.47 Å². The summed E-state index contributed by atoms with van der Waals surface area (Å²) in [4.78, 5) is 16.2. The highest BCUT2D eigenvalue weighted by molar-refractivity contribution is 7.10. The van der Waals surface area contributed by atoms with Gasteiger partial charge in [0, 0.05) is 17.0 Å². The molecule has 23 heavy (non-hydrogen) atoms. The van der Waals surface area contributed by atoms with E-state index in [1.807, 2.05) is 4.90 Å². The van der Waals surface area contributed by atoms with Crippen molar-refractivity contribution in [3.8, 4) is 11.5 Å². The van der Waals surface area contributed by atoms with Gasteiger partial charge in [0.05, 0.1) is 25.3 Å². The van der Waals surface area contributed by atoms with Crippen LogP contribution >= 0.6 is 22.9 Å². The molecule has 0 saturated carbocycles. The van der Waals surface area contributed by atoms with E-state index in [2.05, 4.69) is 18.4 Å². The molecule has 2 aromatic rings. The number of methoxy groups -OCH3 is 2. The van der Waals surface area contributed by atoms with Crippen LogP contribution in [0.1, 0.15) is 33.8 Å². The van der Waals surface area contributed by atoms with Gasteiger partial charge in [-0.05, 0) is 42.5 Å². The van der Waals surface area contributed by atoms with Crippen LogP contribution in [0.3, 0.4) is 0 Å². The summed E-state index contributed by atoms with van der Waals surface area (Å²) in [6.45, 7) is 2.77. The number of thiophene rings is 1. The Labute approximate surface area is 144 Å². The first kappa shape index (κ1) is 16.1. The number of carbonyl (C=O) groups excluding carboxylic acids is 1. The molecule has 1 aliphatic heterocycles. The molecule has 0 fully saturated rings. The van der Waals surface area contributed by atoms with Crippen molar-refractivity contribution in [1.82, 2.24) is 4.90 Å². The number of fused-ring (bicyclic) bond motifs is 1. The lowest BCUT2D eigenvalue weighted by atomic mass is 10.00. The summed E-state index contributed by atoms with van der Waals surface area (Å²) < 4.78 is 10.5. The molecule has 0 spiro atoms. The summed E-state index contributed by atoms with van der Waals surface area (Å²) in [6, 6.07) is 5.49. The third kappa shape index (κ3) is 2.79. The molecule has 0 radical (unpaired) electrons. The molecule has 1 aliphatic rings. The first-order valence-corrected chi connectivity index (χ1v) is 8.61. The lowest BCUT2D eigenvalue weighted by molar-refractivity contribution is 0.0679. The van der Waals surface area contributed by atoms with Crippen molar-refractivity contribution < 1.29 is 14.3 Å². The summed E-state index contributed by atoms with van der Waals surface area (Å²) in [5, 5.41) is 2.46. The van der Waals surface area contributed by atoms with E-state index >= 15 is 0 Å². The van der Waals surface area contributed by atoms with Gasteiger partial charge in [-0.25, -0.2) is 0 Å². The summed E-state index contributed by atoms with van der Waals surface area (Å²) >= 11 is 7.98. The molecular weight excluding hydrogens is 334 g/mol. The van der Waals surface area contributed by atoms with Crippen molar-refractivity contribution in [2.24, 2.45) is 0 Å². The zero-order valence-electron chi connectivity index (χ0n) is 13.3. The lowest BCUT2D eigenvalue weighted by Gasteiger charge is -2.34. The highest BCUT2D eigenvalue weighted by Gasteiger charge is 2.29. The van der Waals surface area contributed by atoms with E-state index < -0.39 is 0 Å². The van der Waals surface area contributed by atoms with Gasteiger partial charge in [0.2, 0.25) is 0 Å². The predicted molar refractivity (Wildman–Crippen MR) is 92.0 cm³/mol. The summed E-state index contributed by atoms with van der Waals surface area (Å²) in [5.41, 5.74) is 1.75. The number of ether oxygens (including phenoxy) is 2. The highest BCUT2D eigenvalue weighted by Crippen LogP contribution is 2.38. The molecule has 0 saturated heterocycles. The first-order chi connectivity index (χ1) is 11.1. The molecule has 0 N–H and O–H groups in total.